The predicted molar refractivity (Wildman–Crippen MR) is 273 cm³/mol. The van der Waals surface area contributed by atoms with Crippen molar-refractivity contribution in [1.29, 1.82) is 0 Å². The van der Waals surface area contributed by atoms with Crippen LogP contribution in [0.1, 0.15) is 51.4 Å². The van der Waals surface area contributed by atoms with Crippen LogP contribution in [0.5, 0.6) is 0 Å². The van der Waals surface area contributed by atoms with Gasteiger partial charge in [0.1, 0.15) is 0 Å². The number of fused-ring (bicyclic) bond motifs is 4. The number of benzene rings is 3. The van der Waals surface area contributed by atoms with E-state index in [4.69, 9.17) is 15.3 Å². The summed E-state index contributed by atoms with van der Waals surface area (Å²) in [5.74, 6) is 5.68. The van der Waals surface area contributed by atoms with Crippen LogP contribution in [0, 0.1) is 35.5 Å². The van der Waals surface area contributed by atoms with Gasteiger partial charge in [0.05, 0.1) is 16.1 Å². The van der Waals surface area contributed by atoms with Crippen LogP contribution in [-0.2, 0) is 0 Å². The average Bonchev–Trinajstić information content (AvgIpc) is 4.02. The van der Waals surface area contributed by atoms with Crippen molar-refractivity contribution < 1.29 is 0 Å². The van der Waals surface area contributed by atoms with Crippen LogP contribution >= 0.6 is 0 Å². The summed E-state index contributed by atoms with van der Waals surface area (Å²) in [4.78, 5) is 0. The molecule has 0 amide bonds. The molecule has 8 atom stereocenters. The molecule has 4 fully saturated rings. The Bertz CT molecular complexity index is 1940. The van der Waals surface area contributed by atoms with Crippen LogP contribution in [0.4, 0.5) is 0 Å². The number of nitrogens with zero attached hydrogens (tertiary/aromatic N) is 2. The SMILES string of the molecule is [B]=N[Si](C)(C)c1ccc([Si](C)(C)CCC2CC3CC2C([Si](C)(C)c2ccc([Si](C)(C)CCC4CC5CC4C([Si](C)(C)c4ccc([Si](C)(C)N=[B])cc4)C5)cc2)C3)cc1. The fourth-order valence-electron chi connectivity index (χ4n) is 13.3. The zero-order valence-corrected chi connectivity index (χ0v) is 44.7. The molecule has 8 unspecified atom stereocenters. The third-order valence-electron chi connectivity index (χ3n) is 17.8. The Labute approximate surface area is 363 Å². The summed E-state index contributed by atoms with van der Waals surface area (Å²) >= 11 is 0. The summed E-state index contributed by atoms with van der Waals surface area (Å²) in [5.41, 5.74) is 1.86. The van der Waals surface area contributed by atoms with Crippen molar-refractivity contribution in [3.05, 3.63) is 72.8 Å². The second-order valence-electron chi connectivity index (χ2n) is 23.6. The summed E-state index contributed by atoms with van der Waals surface area (Å²) in [6.07, 6.45) is 11.8. The fraction of sp³-hybridized carbons (Fsp3) is 0.625. The Morgan fingerprint density at radius 3 is 1.00 bits per heavy atom. The van der Waals surface area contributed by atoms with E-state index in [0.717, 1.165) is 46.6 Å². The van der Waals surface area contributed by atoms with Gasteiger partial charge >= 0.3 is 282 Å². The van der Waals surface area contributed by atoms with Gasteiger partial charge in [0.25, 0.3) is 0 Å². The predicted octanol–water partition coefficient (Wildman–Crippen LogP) is 9.89. The van der Waals surface area contributed by atoms with Gasteiger partial charge in [-0.1, -0.05) is 60.8 Å². The maximum absolute atomic E-state index is 5.82. The summed E-state index contributed by atoms with van der Waals surface area (Å²) in [6, 6.07) is 32.6. The molecule has 0 aromatic heterocycles. The van der Waals surface area contributed by atoms with Gasteiger partial charge in [0, 0.05) is 0 Å². The Morgan fingerprint density at radius 1 is 0.414 bits per heavy atom. The van der Waals surface area contributed by atoms with E-state index in [9.17, 15) is 0 Å². The molecule has 58 heavy (non-hydrogen) atoms. The van der Waals surface area contributed by atoms with E-state index >= 15 is 0 Å². The number of rotatable bonds is 16. The summed E-state index contributed by atoms with van der Waals surface area (Å²) in [5, 5.41) is 9.37. The first-order valence-corrected chi connectivity index (χ1v) is 41.7. The van der Waals surface area contributed by atoms with Crippen molar-refractivity contribution in [2.45, 2.75) is 153 Å². The minimum atomic E-state index is -1.87. The van der Waals surface area contributed by atoms with Crippen LogP contribution in [-0.4, -0.2) is 64.0 Å². The van der Waals surface area contributed by atoms with Crippen molar-refractivity contribution in [3.63, 3.8) is 0 Å². The molecule has 4 aliphatic rings. The van der Waals surface area contributed by atoms with Gasteiger partial charge < -0.3 is 0 Å². The summed E-state index contributed by atoms with van der Waals surface area (Å²) < 4.78 is 8.54. The zero-order valence-electron chi connectivity index (χ0n) is 38.7. The first-order chi connectivity index (χ1) is 27.1. The van der Waals surface area contributed by atoms with Crippen molar-refractivity contribution >= 4 is 95.2 Å². The molecule has 4 saturated carbocycles. The maximum atomic E-state index is 5.82. The van der Waals surface area contributed by atoms with Crippen LogP contribution in [0.2, 0.25) is 102 Å². The topological polar surface area (TPSA) is 24.7 Å². The Morgan fingerprint density at radius 2 is 0.707 bits per heavy atom. The van der Waals surface area contributed by atoms with E-state index in [-0.39, 0.29) is 0 Å². The molecule has 0 heterocycles. The van der Waals surface area contributed by atoms with Crippen molar-refractivity contribution in [2.24, 2.45) is 44.6 Å². The summed E-state index contributed by atoms with van der Waals surface area (Å²) in [6.45, 7) is 30.3. The first-order valence-electron chi connectivity index (χ1n) is 23.3. The molecular formula is C48H76B2N2Si6. The zero-order chi connectivity index (χ0) is 42.1. The second kappa shape index (κ2) is 16.4. The van der Waals surface area contributed by atoms with Crippen LogP contribution in [0.25, 0.3) is 0 Å². The van der Waals surface area contributed by atoms with Gasteiger partial charge in [-0.15, -0.1) is 0 Å². The van der Waals surface area contributed by atoms with E-state index in [1.54, 1.807) is 20.7 Å². The average molecular weight is 871 g/mol. The number of hydrogen-bond acceptors (Lipinski definition) is 2. The quantitative estimate of drug-likeness (QED) is 0.128. The monoisotopic (exact) mass is 870 g/mol. The molecule has 2 nitrogen and oxygen atoms in total. The molecule has 308 valence electrons. The molecule has 4 bridgehead atoms. The number of hydrogen-bond donors (Lipinski definition) is 0. The second-order valence-corrected chi connectivity index (χ2v) is 50.7. The van der Waals surface area contributed by atoms with Gasteiger partial charge in [-0.25, -0.2) is 0 Å². The Kier molecular flexibility index (Phi) is 12.7. The van der Waals surface area contributed by atoms with E-state index in [1.165, 1.54) is 73.8 Å². The van der Waals surface area contributed by atoms with Gasteiger partial charge in [0.2, 0.25) is 0 Å². The Balaban J connectivity index is 0.955. The standard InChI is InChI=1S/C48H76B2N2Si6/c1-53(2,27-25-37-30-36-32-46(37)48(34-36)56(7,8)42-19-23-44(24-20-42)58(11,12)52-50)39-13-17-41(18-14-39)55(5,6)47-33-35-29-38(45(47)31-35)26-28-54(3,4)40-15-21-43(22-16-40)57(9,10)51-49/h13-24,35-38,45-48H,25-34H2,1-12H3. The van der Waals surface area contributed by atoms with Gasteiger partial charge in [0.15, 0.2) is 0 Å². The summed E-state index contributed by atoms with van der Waals surface area (Å²) in [7, 11) is 1.63. The molecule has 0 saturated heterocycles. The van der Waals surface area contributed by atoms with Crippen LogP contribution in [0.15, 0.2) is 81.9 Å². The third kappa shape index (κ3) is 8.69. The van der Waals surface area contributed by atoms with E-state index in [1.807, 2.05) is 0 Å². The van der Waals surface area contributed by atoms with Gasteiger partial charge in [-0.2, -0.15) is 0 Å². The fourth-order valence-corrected chi connectivity index (χ4v) is 28.1. The van der Waals surface area contributed by atoms with Gasteiger partial charge in [-0.05, 0) is 6.42 Å². The van der Waals surface area contributed by atoms with E-state index in [0.29, 0.717) is 0 Å². The molecule has 10 heteroatoms. The first kappa shape index (κ1) is 44.7. The molecule has 0 aliphatic heterocycles. The van der Waals surface area contributed by atoms with Crippen LogP contribution in [0.3, 0.4) is 0 Å². The van der Waals surface area contributed by atoms with Crippen molar-refractivity contribution in [3.8, 4) is 0 Å². The van der Waals surface area contributed by atoms with Crippen LogP contribution < -0.4 is 31.1 Å². The normalized spacial score (nSPS) is 27.6. The molecule has 0 N–H and O–H groups in total. The van der Waals surface area contributed by atoms with Gasteiger partial charge in [-0.3, -0.25) is 0 Å². The molecule has 3 aromatic rings. The molecule has 0 spiro atoms. The minimum absolute atomic E-state index is 0.923. The van der Waals surface area contributed by atoms with E-state index in [2.05, 4.69) is 160 Å². The third-order valence-corrected chi connectivity index (χ3v) is 38.1. The molecular weight excluding hydrogens is 795 g/mol. The molecule has 3 aromatic carbocycles. The molecule has 7 rings (SSSR count). The molecule has 2 radical (unpaired) electrons. The molecule has 4 aliphatic carbocycles. The van der Waals surface area contributed by atoms with Crippen molar-refractivity contribution in [2.75, 3.05) is 0 Å². The van der Waals surface area contributed by atoms with Crippen molar-refractivity contribution in [1.82, 2.24) is 0 Å². The Hall–Kier alpha value is -1.31. The van der Waals surface area contributed by atoms with E-state index < -0.39 is 48.8 Å².